The van der Waals surface area contributed by atoms with E-state index in [1.807, 2.05) is 24.3 Å². The van der Waals surface area contributed by atoms with E-state index in [1.54, 1.807) is 26.4 Å². The third kappa shape index (κ3) is 3.85. The first kappa shape index (κ1) is 17.1. The molecule has 25 heavy (non-hydrogen) atoms. The number of rotatable bonds is 5. The molecule has 0 heterocycles. The van der Waals surface area contributed by atoms with E-state index in [0.717, 1.165) is 24.8 Å². The molecule has 0 radical (unpaired) electrons. The van der Waals surface area contributed by atoms with Crippen LogP contribution >= 0.6 is 0 Å². The van der Waals surface area contributed by atoms with Gasteiger partial charge in [-0.3, -0.25) is 4.79 Å². The van der Waals surface area contributed by atoms with Gasteiger partial charge in [-0.2, -0.15) is 0 Å². The molecule has 0 aromatic heterocycles. The van der Waals surface area contributed by atoms with Crippen molar-refractivity contribution in [2.75, 3.05) is 14.2 Å². The number of hydrogen-bond acceptors (Lipinski definition) is 3. The molecule has 2 aromatic carbocycles. The first-order valence-corrected chi connectivity index (χ1v) is 8.50. The highest BCUT2D eigenvalue weighted by molar-refractivity contribution is 5.92. The third-order valence-corrected chi connectivity index (χ3v) is 4.53. The van der Waals surface area contributed by atoms with E-state index in [9.17, 15) is 4.79 Å². The zero-order chi connectivity index (χ0) is 17.6. The molecule has 0 bridgehead atoms. The van der Waals surface area contributed by atoms with Gasteiger partial charge in [0.05, 0.1) is 20.3 Å². The second kappa shape index (κ2) is 7.88. The third-order valence-electron chi connectivity index (χ3n) is 4.53. The van der Waals surface area contributed by atoms with Crippen LogP contribution in [0.3, 0.4) is 0 Å². The van der Waals surface area contributed by atoms with Crippen LogP contribution in [0.2, 0.25) is 0 Å². The van der Waals surface area contributed by atoms with Crippen molar-refractivity contribution >= 4 is 12.0 Å². The molecule has 1 atom stereocenters. The van der Waals surface area contributed by atoms with E-state index in [2.05, 4.69) is 23.5 Å². The average molecular weight is 337 g/mol. The Balaban J connectivity index is 1.73. The maximum atomic E-state index is 12.4. The number of hydrogen-bond donors (Lipinski definition) is 1. The highest BCUT2D eigenvalue weighted by Crippen LogP contribution is 2.32. The molecule has 0 unspecified atom stereocenters. The molecule has 0 saturated heterocycles. The monoisotopic (exact) mass is 337 g/mol. The summed E-state index contributed by atoms with van der Waals surface area (Å²) in [5.74, 6) is 1.16. The Bertz CT molecular complexity index is 782. The van der Waals surface area contributed by atoms with Crippen molar-refractivity contribution < 1.29 is 14.3 Å². The Morgan fingerprint density at radius 1 is 1.12 bits per heavy atom. The van der Waals surface area contributed by atoms with Crippen molar-refractivity contribution in [3.05, 3.63) is 65.2 Å². The molecule has 3 rings (SSSR count). The summed E-state index contributed by atoms with van der Waals surface area (Å²) in [4.78, 5) is 12.4. The fraction of sp³-hybridized carbons (Fsp3) is 0.286. The van der Waals surface area contributed by atoms with Crippen LogP contribution in [-0.4, -0.2) is 20.1 Å². The predicted molar refractivity (Wildman–Crippen MR) is 98.8 cm³/mol. The number of amides is 1. The quantitative estimate of drug-likeness (QED) is 0.842. The largest absolute Gasteiger partial charge is 0.493 e. The topological polar surface area (TPSA) is 47.6 Å². The fourth-order valence-electron chi connectivity index (χ4n) is 3.33. The lowest BCUT2D eigenvalue weighted by Gasteiger charge is -2.25. The minimum atomic E-state index is -0.105. The van der Waals surface area contributed by atoms with Gasteiger partial charge in [-0.25, -0.2) is 0 Å². The van der Waals surface area contributed by atoms with E-state index < -0.39 is 0 Å². The number of ether oxygens (including phenoxy) is 2. The van der Waals surface area contributed by atoms with Crippen LogP contribution < -0.4 is 14.8 Å². The molecular formula is C21H23NO3. The summed E-state index contributed by atoms with van der Waals surface area (Å²) in [6.45, 7) is 0. The minimum Gasteiger partial charge on any atom is -0.493 e. The smallest absolute Gasteiger partial charge is 0.244 e. The van der Waals surface area contributed by atoms with Crippen molar-refractivity contribution in [2.45, 2.75) is 25.3 Å². The molecule has 2 aromatic rings. The Hall–Kier alpha value is -2.75. The maximum Gasteiger partial charge on any atom is 0.244 e. The van der Waals surface area contributed by atoms with Gasteiger partial charge in [0.2, 0.25) is 5.91 Å². The van der Waals surface area contributed by atoms with Crippen molar-refractivity contribution in [1.82, 2.24) is 5.32 Å². The molecule has 1 aliphatic rings. The molecule has 0 fully saturated rings. The number of benzene rings is 2. The summed E-state index contributed by atoms with van der Waals surface area (Å²) >= 11 is 0. The molecule has 1 aliphatic carbocycles. The molecular weight excluding hydrogens is 314 g/mol. The van der Waals surface area contributed by atoms with Gasteiger partial charge in [0.15, 0.2) is 11.5 Å². The molecule has 0 saturated carbocycles. The van der Waals surface area contributed by atoms with Gasteiger partial charge in [0, 0.05) is 11.6 Å². The van der Waals surface area contributed by atoms with Crippen molar-refractivity contribution in [1.29, 1.82) is 0 Å². The van der Waals surface area contributed by atoms with E-state index in [4.69, 9.17) is 9.47 Å². The molecule has 0 aliphatic heterocycles. The Morgan fingerprint density at radius 3 is 2.76 bits per heavy atom. The van der Waals surface area contributed by atoms with E-state index in [0.29, 0.717) is 11.5 Å². The molecule has 4 nitrogen and oxygen atoms in total. The highest BCUT2D eigenvalue weighted by Gasteiger charge is 2.20. The van der Waals surface area contributed by atoms with Crippen LogP contribution in [0, 0.1) is 0 Å². The van der Waals surface area contributed by atoms with Gasteiger partial charge in [0.25, 0.3) is 0 Å². The van der Waals surface area contributed by atoms with Gasteiger partial charge in [-0.1, -0.05) is 36.4 Å². The predicted octanol–water partition coefficient (Wildman–Crippen LogP) is 3.91. The number of aryl methyl sites for hydroxylation is 1. The lowest BCUT2D eigenvalue weighted by atomic mass is 9.88. The van der Waals surface area contributed by atoms with Crippen LogP contribution in [0.5, 0.6) is 11.5 Å². The van der Waals surface area contributed by atoms with Crippen LogP contribution in [0.25, 0.3) is 6.08 Å². The molecule has 1 amide bonds. The van der Waals surface area contributed by atoms with Crippen LogP contribution in [0.1, 0.15) is 35.6 Å². The van der Waals surface area contributed by atoms with Crippen molar-refractivity contribution in [2.24, 2.45) is 0 Å². The summed E-state index contributed by atoms with van der Waals surface area (Å²) in [6, 6.07) is 14.0. The van der Waals surface area contributed by atoms with E-state index in [1.165, 1.54) is 11.1 Å². The first-order chi connectivity index (χ1) is 12.2. The number of methoxy groups -OCH3 is 2. The summed E-state index contributed by atoms with van der Waals surface area (Å²) in [7, 11) is 3.19. The Morgan fingerprint density at radius 2 is 1.96 bits per heavy atom. The average Bonchev–Trinajstić information content (AvgIpc) is 2.66. The zero-order valence-corrected chi connectivity index (χ0v) is 14.6. The molecule has 0 spiro atoms. The zero-order valence-electron chi connectivity index (χ0n) is 14.6. The van der Waals surface area contributed by atoms with E-state index in [-0.39, 0.29) is 11.9 Å². The summed E-state index contributed by atoms with van der Waals surface area (Å²) in [6.07, 6.45) is 6.45. The Kier molecular flexibility index (Phi) is 5.39. The second-order valence-corrected chi connectivity index (χ2v) is 6.07. The van der Waals surface area contributed by atoms with Crippen LogP contribution in [0.4, 0.5) is 0 Å². The SMILES string of the molecule is COc1cccc(/C=C/C(=O)N[C@@H]2CCCc3ccccc32)c1OC. The molecule has 130 valence electrons. The summed E-state index contributed by atoms with van der Waals surface area (Å²) < 4.78 is 10.7. The number of carbonyl (C=O) groups excluding carboxylic acids is 1. The summed E-state index contributed by atoms with van der Waals surface area (Å²) in [5.41, 5.74) is 3.37. The molecule has 1 N–H and O–H groups in total. The summed E-state index contributed by atoms with van der Waals surface area (Å²) in [5, 5.41) is 3.11. The van der Waals surface area contributed by atoms with Crippen molar-refractivity contribution in [3.63, 3.8) is 0 Å². The normalized spacial score (nSPS) is 16.3. The van der Waals surface area contributed by atoms with Gasteiger partial charge in [-0.05, 0) is 42.5 Å². The fourth-order valence-corrected chi connectivity index (χ4v) is 3.33. The Labute approximate surface area is 148 Å². The number of carbonyl (C=O) groups is 1. The van der Waals surface area contributed by atoms with Crippen molar-refractivity contribution in [3.8, 4) is 11.5 Å². The van der Waals surface area contributed by atoms with Gasteiger partial charge in [-0.15, -0.1) is 0 Å². The number of nitrogens with one attached hydrogen (secondary N) is 1. The van der Waals surface area contributed by atoms with Crippen LogP contribution in [-0.2, 0) is 11.2 Å². The van der Waals surface area contributed by atoms with Gasteiger partial charge in [0.1, 0.15) is 0 Å². The van der Waals surface area contributed by atoms with Gasteiger partial charge < -0.3 is 14.8 Å². The lowest BCUT2D eigenvalue weighted by Crippen LogP contribution is -2.29. The molecule has 4 heteroatoms. The van der Waals surface area contributed by atoms with Crippen LogP contribution in [0.15, 0.2) is 48.5 Å². The second-order valence-electron chi connectivity index (χ2n) is 6.07. The number of fused-ring (bicyclic) bond motifs is 1. The van der Waals surface area contributed by atoms with Gasteiger partial charge >= 0.3 is 0 Å². The highest BCUT2D eigenvalue weighted by atomic mass is 16.5. The lowest BCUT2D eigenvalue weighted by molar-refractivity contribution is -0.117. The maximum absolute atomic E-state index is 12.4. The first-order valence-electron chi connectivity index (χ1n) is 8.50. The minimum absolute atomic E-state index is 0.0781. The standard InChI is InChI=1S/C21H23NO3/c1-24-19-12-6-9-16(21(19)25-2)13-14-20(23)22-18-11-5-8-15-7-3-4-10-17(15)18/h3-4,6-7,9-10,12-14,18H,5,8,11H2,1-2H3,(H,22,23)/b14-13+/t18-/m1/s1. The number of para-hydroxylation sites is 1. The van der Waals surface area contributed by atoms with E-state index >= 15 is 0 Å².